The lowest BCUT2D eigenvalue weighted by Gasteiger charge is -2.24. The fourth-order valence-electron chi connectivity index (χ4n) is 1.62. The minimum Gasteiger partial charge on any atom is -0.369 e. The second-order valence-corrected chi connectivity index (χ2v) is 3.58. The van der Waals surface area contributed by atoms with Crippen LogP contribution in [0.25, 0.3) is 0 Å². The van der Waals surface area contributed by atoms with Crippen LogP contribution in [-0.4, -0.2) is 5.11 Å². The molecule has 1 unspecified atom stereocenters. The van der Waals surface area contributed by atoms with Gasteiger partial charge in [0, 0.05) is 11.1 Å². The normalized spacial score (nSPS) is 15.2. The maximum atomic E-state index is 10.6. The predicted molar refractivity (Wildman–Crippen MR) is 72.3 cm³/mol. The highest BCUT2D eigenvalue weighted by molar-refractivity contribution is 5.46. The second kappa shape index (κ2) is 5.89. The van der Waals surface area contributed by atoms with Crippen LogP contribution in [0.5, 0.6) is 0 Å². The number of benzene rings is 1. The van der Waals surface area contributed by atoms with Crippen molar-refractivity contribution in [3.05, 3.63) is 72.4 Å². The lowest BCUT2D eigenvalue weighted by atomic mass is 9.86. The average Bonchev–Trinajstić information content (AvgIpc) is 2.38. The van der Waals surface area contributed by atoms with Crippen molar-refractivity contribution in [3.63, 3.8) is 0 Å². The summed E-state index contributed by atoms with van der Waals surface area (Å²) in [5, 5.41) is 10.6. The van der Waals surface area contributed by atoms with Crippen LogP contribution in [0.4, 0.5) is 0 Å². The van der Waals surface area contributed by atoms with Gasteiger partial charge in [-0.3, -0.25) is 0 Å². The van der Waals surface area contributed by atoms with Crippen molar-refractivity contribution in [2.75, 3.05) is 0 Å². The topological polar surface area (TPSA) is 20.2 Å². The quantitative estimate of drug-likeness (QED) is 0.615. The van der Waals surface area contributed by atoms with Crippen LogP contribution in [-0.2, 0) is 5.60 Å². The summed E-state index contributed by atoms with van der Waals surface area (Å²) in [6.07, 6.45) is 12.4. The van der Waals surface area contributed by atoms with Crippen LogP contribution in [0.1, 0.15) is 12.5 Å². The smallest absolute Gasteiger partial charge is 0.176 e. The molecule has 0 bridgehead atoms. The molecule has 0 spiro atoms. The summed E-state index contributed by atoms with van der Waals surface area (Å²) in [4.78, 5) is 0. The molecule has 0 radical (unpaired) electrons. The zero-order chi connectivity index (χ0) is 12.7. The maximum Gasteiger partial charge on any atom is 0.176 e. The minimum absolute atomic E-state index is 0.628. The molecule has 17 heavy (non-hydrogen) atoms. The van der Waals surface area contributed by atoms with Crippen LogP contribution >= 0.6 is 0 Å². The summed E-state index contributed by atoms with van der Waals surface area (Å²) in [5.74, 6) is 2.45. The number of hydrogen-bond acceptors (Lipinski definition) is 1. The minimum atomic E-state index is -1.41. The number of aliphatic hydroxyl groups is 1. The van der Waals surface area contributed by atoms with Gasteiger partial charge < -0.3 is 5.11 Å². The molecule has 0 fully saturated rings. The maximum absolute atomic E-state index is 10.6. The third-order valence-electron chi connectivity index (χ3n) is 2.46. The average molecular weight is 224 g/mol. The van der Waals surface area contributed by atoms with E-state index in [1.807, 2.05) is 31.2 Å². The molecule has 0 aliphatic rings. The lowest BCUT2D eigenvalue weighted by molar-refractivity contribution is 0.144. The Morgan fingerprint density at radius 3 is 2.53 bits per heavy atom. The molecule has 0 aliphatic carbocycles. The van der Waals surface area contributed by atoms with Gasteiger partial charge in [0.1, 0.15) is 0 Å². The number of rotatable bonds is 4. The van der Waals surface area contributed by atoms with Gasteiger partial charge in [-0.25, -0.2) is 0 Å². The summed E-state index contributed by atoms with van der Waals surface area (Å²) < 4.78 is 0. The third-order valence-corrected chi connectivity index (χ3v) is 2.46. The van der Waals surface area contributed by atoms with Crippen molar-refractivity contribution in [2.24, 2.45) is 0 Å². The molecular weight excluding hydrogens is 208 g/mol. The van der Waals surface area contributed by atoms with Crippen molar-refractivity contribution in [1.29, 1.82) is 0 Å². The second-order valence-electron chi connectivity index (χ2n) is 3.58. The summed E-state index contributed by atoms with van der Waals surface area (Å²) in [7, 11) is 0. The molecule has 0 saturated heterocycles. The van der Waals surface area contributed by atoms with Gasteiger partial charge in [-0.2, -0.15) is 0 Å². The fraction of sp³-hybridized carbons (Fsp3) is 0.125. The van der Waals surface area contributed by atoms with E-state index in [0.29, 0.717) is 11.1 Å². The molecule has 0 aromatic heterocycles. The van der Waals surface area contributed by atoms with Crippen LogP contribution in [0.2, 0.25) is 0 Å². The first-order chi connectivity index (χ1) is 8.19. The molecule has 0 amide bonds. The first kappa shape index (κ1) is 13.0. The van der Waals surface area contributed by atoms with Gasteiger partial charge in [-0.1, -0.05) is 67.1 Å². The van der Waals surface area contributed by atoms with Gasteiger partial charge in [-0.05, 0) is 6.92 Å². The molecule has 86 valence electrons. The van der Waals surface area contributed by atoms with Gasteiger partial charge in [0.2, 0.25) is 0 Å². The molecular formula is C16H16O. The molecule has 0 saturated carbocycles. The summed E-state index contributed by atoms with van der Waals surface area (Å²) in [6.45, 7) is 5.51. The van der Waals surface area contributed by atoms with Crippen LogP contribution in [0.3, 0.4) is 0 Å². The highest BCUT2D eigenvalue weighted by Gasteiger charge is 2.29. The van der Waals surface area contributed by atoms with Gasteiger partial charge in [0.05, 0.1) is 0 Å². The van der Waals surface area contributed by atoms with E-state index in [1.54, 1.807) is 30.4 Å². The van der Waals surface area contributed by atoms with E-state index < -0.39 is 5.60 Å². The first-order valence-corrected chi connectivity index (χ1v) is 5.40. The summed E-state index contributed by atoms with van der Waals surface area (Å²) in [6, 6.07) is 9.19. The molecule has 1 aromatic rings. The monoisotopic (exact) mass is 224 g/mol. The van der Waals surface area contributed by atoms with E-state index >= 15 is 0 Å². The molecule has 1 atom stereocenters. The van der Waals surface area contributed by atoms with E-state index in [1.165, 1.54) is 0 Å². The Bertz CT molecular complexity index is 474. The van der Waals surface area contributed by atoms with Crippen molar-refractivity contribution in [3.8, 4) is 12.3 Å². The summed E-state index contributed by atoms with van der Waals surface area (Å²) >= 11 is 0. The largest absolute Gasteiger partial charge is 0.369 e. The molecule has 0 heterocycles. The Morgan fingerprint density at radius 1 is 1.41 bits per heavy atom. The SMILES string of the molecule is C#CC(O)(C(/C=C\C)=C/C=C)c1ccccc1. The molecule has 0 aliphatic heterocycles. The highest BCUT2D eigenvalue weighted by Crippen LogP contribution is 2.29. The van der Waals surface area contributed by atoms with Crippen LogP contribution in [0.15, 0.2) is 66.8 Å². The van der Waals surface area contributed by atoms with E-state index in [-0.39, 0.29) is 0 Å². The zero-order valence-corrected chi connectivity index (χ0v) is 9.93. The van der Waals surface area contributed by atoms with Crippen LogP contribution in [0, 0.1) is 12.3 Å². The Morgan fingerprint density at radius 2 is 2.06 bits per heavy atom. The number of allylic oxidation sites excluding steroid dienone is 3. The molecule has 1 N–H and O–H groups in total. The van der Waals surface area contributed by atoms with E-state index in [2.05, 4.69) is 12.5 Å². The highest BCUT2D eigenvalue weighted by atomic mass is 16.3. The molecule has 1 rings (SSSR count). The predicted octanol–water partition coefficient (Wildman–Crippen LogP) is 3.20. The molecule has 1 heteroatoms. The Hall–Kier alpha value is -2.04. The van der Waals surface area contributed by atoms with Gasteiger partial charge in [-0.15, -0.1) is 6.42 Å². The molecule has 1 aromatic carbocycles. The van der Waals surface area contributed by atoms with Gasteiger partial charge >= 0.3 is 0 Å². The van der Waals surface area contributed by atoms with E-state index in [9.17, 15) is 5.11 Å². The van der Waals surface area contributed by atoms with E-state index in [0.717, 1.165) is 0 Å². The lowest BCUT2D eigenvalue weighted by Crippen LogP contribution is -2.25. The van der Waals surface area contributed by atoms with Crippen LogP contribution < -0.4 is 0 Å². The van der Waals surface area contributed by atoms with Gasteiger partial charge in [0.25, 0.3) is 0 Å². The van der Waals surface area contributed by atoms with Crippen molar-refractivity contribution in [1.82, 2.24) is 0 Å². The Labute approximate surface area is 103 Å². The standard InChI is InChI=1S/C16H16O/c1-4-10-14(11-5-2)16(17,6-3)15-12-8-7-9-13-15/h3-5,7-13,17H,1H2,2H3/b11-5-,14-10+. The number of terminal acetylenes is 1. The molecule has 1 nitrogen and oxygen atoms in total. The van der Waals surface area contributed by atoms with Gasteiger partial charge in [0.15, 0.2) is 5.60 Å². The summed E-state index contributed by atoms with van der Waals surface area (Å²) in [5.41, 5.74) is -0.112. The first-order valence-electron chi connectivity index (χ1n) is 5.40. The van der Waals surface area contributed by atoms with Crippen molar-refractivity contribution in [2.45, 2.75) is 12.5 Å². The third kappa shape index (κ3) is 2.75. The van der Waals surface area contributed by atoms with E-state index in [4.69, 9.17) is 6.42 Å². The fourth-order valence-corrected chi connectivity index (χ4v) is 1.62. The zero-order valence-electron chi connectivity index (χ0n) is 9.93. The Balaban J connectivity index is 3.34. The van der Waals surface area contributed by atoms with Crippen molar-refractivity contribution < 1.29 is 5.11 Å². The number of hydrogen-bond donors (Lipinski definition) is 1. The van der Waals surface area contributed by atoms with Crippen molar-refractivity contribution >= 4 is 0 Å². The Kier molecular flexibility index (Phi) is 4.51.